The Hall–Kier alpha value is -2.04. The predicted molar refractivity (Wildman–Crippen MR) is 91.6 cm³/mol. The molecule has 1 fully saturated rings. The molecule has 5 nitrogen and oxygen atoms in total. The van der Waals surface area contributed by atoms with Crippen LogP contribution in [-0.4, -0.2) is 36.9 Å². The van der Waals surface area contributed by atoms with Gasteiger partial charge in [-0.1, -0.05) is 13.0 Å². The zero-order valence-electron chi connectivity index (χ0n) is 14.5. The molecule has 1 heterocycles. The Balaban J connectivity index is 1.52. The van der Waals surface area contributed by atoms with Crippen LogP contribution in [0, 0.1) is 11.8 Å². The molecule has 1 aliphatic carbocycles. The fraction of sp³-hybridized carbons (Fsp3) is 0.579. The standard InChI is InChI=1S/C19H26N2O3/c1-13-10-17(13)19(23)20-8-7-18(22)21-9-3-4-14-11-16(24-2)6-5-15(14)12-21/h5-6,11,13,17H,3-4,7-10,12H2,1-2H3,(H,20,23)/t13-,17+/m1/s1. The Morgan fingerprint density at radius 2 is 2.12 bits per heavy atom. The first-order chi connectivity index (χ1) is 11.6. The summed E-state index contributed by atoms with van der Waals surface area (Å²) in [6, 6.07) is 6.07. The molecule has 130 valence electrons. The average molecular weight is 330 g/mol. The van der Waals surface area contributed by atoms with Gasteiger partial charge in [0.05, 0.1) is 7.11 Å². The van der Waals surface area contributed by atoms with E-state index in [1.165, 1.54) is 11.1 Å². The average Bonchev–Trinajstić information content (AvgIpc) is 3.34. The number of hydrogen-bond acceptors (Lipinski definition) is 3. The van der Waals surface area contributed by atoms with E-state index in [0.717, 1.165) is 31.6 Å². The van der Waals surface area contributed by atoms with Crippen LogP contribution in [0.1, 0.15) is 37.3 Å². The zero-order chi connectivity index (χ0) is 17.1. The highest BCUT2D eigenvalue weighted by molar-refractivity contribution is 5.82. The molecular weight excluding hydrogens is 304 g/mol. The van der Waals surface area contributed by atoms with Crippen molar-refractivity contribution in [3.8, 4) is 5.75 Å². The van der Waals surface area contributed by atoms with Crippen LogP contribution in [0.4, 0.5) is 0 Å². The van der Waals surface area contributed by atoms with E-state index >= 15 is 0 Å². The van der Waals surface area contributed by atoms with Gasteiger partial charge in [0.25, 0.3) is 0 Å². The van der Waals surface area contributed by atoms with Crippen LogP contribution >= 0.6 is 0 Å². The Kier molecular flexibility index (Phi) is 5.07. The van der Waals surface area contributed by atoms with Crippen molar-refractivity contribution < 1.29 is 14.3 Å². The maximum Gasteiger partial charge on any atom is 0.224 e. The van der Waals surface area contributed by atoms with E-state index in [1.54, 1.807) is 7.11 Å². The molecule has 0 radical (unpaired) electrons. The van der Waals surface area contributed by atoms with Gasteiger partial charge < -0.3 is 15.0 Å². The number of nitrogens with one attached hydrogen (secondary N) is 1. The van der Waals surface area contributed by atoms with Gasteiger partial charge in [-0.25, -0.2) is 0 Å². The van der Waals surface area contributed by atoms with Crippen LogP contribution in [0.2, 0.25) is 0 Å². The fourth-order valence-electron chi connectivity index (χ4n) is 3.34. The van der Waals surface area contributed by atoms with E-state index in [9.17, 15) is 9.59 Å². The first kappa shape index (κ1) is 16.8. The molecule has 1 N–H and O–H groups in total. The number of nitrogens with zero attached hydrogens (tertiary/aromatic N) is 1. The largest absolute Gasteiger partial charge is 0.497 e. The quantitative estimate of drug-likeness (QED) is 0.900. The van der Waals surface area contributed by atoms with Crippen molar-refractivity contribution in [3.63, 3.8) is 0 Å². The SMILES string of the molecule is COc1ccc2c(c1)CCCN(C(=O)CCNC(=O)[C@H]1C[C@H]1C)C2. The van der Waals surface area contributed by atoms with E-state index in [2.05, 4.69) is 24.4 Å². The van der Waals surface area contributed by atoms with Gasteiger partial charge in [-0.2, -0.15) is 0 Å². The summed E-state index contributed by atoms with van der Waals surface area (Å²) in [5.74, 6) is 1.75. The van der Waals surface area contributed by atoms with Crippen LogP contribution in [0.25, 0.3) is 0 Å². The van der Waals surface area contributed by atoms with Gasteiger partial charge in [0.1, 0.15) is 5.75 Å². The molecule has 1 aromatic rings. The number of rotatable bonds is 5. The number of aryl methyl sites for hydroxylation is 1. The number of hydrogen-bond donors (Lipinski definition) is 1. The van der Waals surface area contributed by atoms with E-state index in [4.69, 9.17) is 4.74 Å². The highest BCUT2D eigenvalue weighted by Crippen LogP contribution is 2.37. The summed E-state index contributed by atoms with van der Waals surface area (Å²) < 4.78 is 5.28. The van der Waals surface area contributed by atoms with Crippen molar-refractivity contribution >= 4 is 11.8 Å². The number of fused-ring (bicyclic) bond motifs is 1. The summed E-state index contributed by atoms with van der Waals surface area (Å²) in [4.78, 5) is 26.2. The summed E-state index contributed by atoms with van der Waals surface area (Å²) in [6.45, 7) is 3.93. The summed E-state index contributed by atoms with van der Waals surface area (Å²) in [6.07, 6.45) is 3.27. The lowest BCUT2D eigenvalue weighted by Crippen LogP contribution is -2.34. The maximum atomic E-state index is 12.5. The first-order valence-electron chi connectivity index (χ1n) is 8.79. The third-order valence-electron chi connectivity index (χ3n) is 5.09. The van der Waals surface area contributed by atoms with E-state index in [-0.39, 0.29) is 17.7 Å². The second kappa shape index (κ2) is 7.24. The molecule has 24 heavy (non-hydrogen) atoms. The second-order valence-corrected chi connectivity index (χ2v) is 6.91. The molecule has 3 rings (SSSR count). The molecule has 1 aromatic carbocycles. The molecule has 2 atom stereocenters. The van der Waals surface area contributed by atoms with Crippen molar-refractivity contribution in [2.24, 2.45) is 11.8 Å². The van der Waals surface area contributed by atoms with Crippen LogP contribution in [0.5, 0.6) is 5.75 Å². The Labute approximate surface area is 143 Å². The maximum absolute atomic E-state index is 12.5. The topological polar surface area (TPSA) is 58.6 Å². The molecule has 0 aromatic heterocycles. The second-order valence-electron chi connectivity index (χ2n) is 6.91. The molecule has 1 saturated carbocycles. The normalized spacial score (nSPS) is 22.3. The molecule has 2 aliphatic rings. The minimum Gasteiger partial charge on any atom is -0.497 e. The Bertz CT molecular complexity index is 629. The van der Waals surface area contributed by atoms with Crippen LogP contribution in [-0.2, 0) is 22.6 Å². The first-order valence-corrected chi connectivity index (χ1v) is 8.79. The van der Waals surface area contributed by atoms with Crippen molar-refractivity contribution in [3.05, 3.63) is 29.3 Å². The highest BCUT2D eigenvalue weighted by atomic mass is 16.5. The van der Waals surface area contributed by atoms with Gasteiger partial charge in [0.15, 0.2) is 0 Å². The number of ether oxygens (including phenoxy) is 1. The monoisotopic (exact) mass is 330 g/mol. The fourth-order valence-corrected chi connectivity index (χ4v) is 3.34. The summed E-state index contributed by atoms with van der Waals surface area (Å²) >= 11 is 0. The number of benzene rings is 1. The molecule has 1 aliphatic heterocycles. The molecule has 5 heteroatoms. The van der Waals surface area contributed by atoms with E-state index < -0.39 is 0 Å². The molecular formula is C19H26N2O3. The molecule has 0 spiro atoms. The van der Waals surface area contributed by atoms with E-state index in [1.807, 2.05) is 11.0 Å². The highest BCUT2D eigenvalue weighted by Gasteiger charge is 2.38. The Morgan fingerprint density at radius 3 is 2.83 bits per heavy atom. The van der Waals surface area contributed by atoms with Crippen molar-refractivity contribution in [1.29, 1.82) is 0 Å². The smallest absolute Gasteiger partial charge is 0.224 e. The van der Waals surface area contributed by atoms with Gasteiger partial charge in [-0.3, -0.25) is 9.59 Å². The summed E-state index contributed by atoms with van der Waals surface area (Å²) in [5.41, 5.74) is 2.46. The van der Waals surface area contributed by atoms with Gasteiger partial charge >= 0.3 is 0 Å². The lowest BCUT2D eigenvalue weighted by molar-refractivity contribution is -0.131. The van der Waals surface area contributed by atoms with Gasteiger partial charge in [0, 0.05) is 32.0 Å². The number of carbonyl (C=O) groups is 2. The zero-order valence-corrected chi connectivity index (χ0v) is 14.5. The van der Waals surface area contributed by atoms with Crippen molar-refractivity contribution in [2.75, 3.05) is 20.2 Å². The Morgan fingerprint density at radius 1 is 1.33 bits per heavy atom. The van der Waals surface area contributed by atoms with Gasteiger partial charge in [-0.05, 0) is 48.4 Å². The minimum atomic E-state index is 0.101. The lowest BCUT2D eigenvalue weighted by atomic mass is 10.0. The third kappa shape index (κ3) is 3.89. The van der Waals surface area contributed by atoms with Crippen molar-refractivity contribution in [2.45, 2.75) is 39.2 Å². The van der Waals surface area contributed by atoms with Gasteiger partial charge in [-0.15, -0.1) is 0 Å². The molecule has 0 unspecified atom stereocenters. The molecule has 0 saturated heterocycles. The van der Waals surface area contributed by atoms with Crippen LogP contribution in [0.15, 0.2) is 18.2 Å². The van der Waals surface area contributed by atoms with E-state index in [0.29, 0.717) is 25.4 Å². The third-order valence-corrected chi connectivity index (χ3v) is 5.09. The summed E-state index contributed by atoms with van der Waals surface area (Å²) in [5, 5.41) is 2.89. The lowest BCUT2D eigenvalue weighted by Gasteiger charge is -2.21. The molecule has 2 amide bonds. The van der Waals surface area contributed by atoms with Crippen molar-refractivity contribution in [1.82, 2.24) is 10.2 Å². The van der Waals surface area contributed by atoms with Gasteiger partial charge in [0.2, 0.25) is 11.8 Å². The van der Waals surface area contributed by atoms with Crippen LogP contribution in [0.3, 0.4) is 0 Å². The van der Waals surface area contributed by atoms with Crippen LogP contribution < -0.4 is 10.1 Å². The minimum absolute atomic E-state index is 0.101. The predicted octanol–water partition coefficient (Wildman–Crippen LogP) is 2.13. The number of methoxy groups -OCH3 is 1. The number of amides is 2. The molecule has 0 bridgehead atoms. The number of carbonyl (C=O) groups excluding carboxylic acids is 2. The summed E-state index contributed by atoms with van der Waals surface area (Å²) in [7, 11) is 1.67.